The van der Waals surface area contributed by atoms with E-state index in [0.717, 1.165) is 12.1 Å². The Balaban J connectivity index is 2.10. The molecule has 1 heterocycles. The predicted molar refractivity (Wildman–Crippen MR) is 57.1 cm³/mol. The molecule has 0 atom stereocenters. The molecular weight excluding hydrogens is 176 g/mol. The lowest BCUT2D eigenvalue weighted by Crippen LogP contribution is -2.17. The van der Waals surface area contributed by atoms with Gasteiger partial charge in [0, 0.05) is 24.8 Å². The first kappa shape index (κ1) is 9.24. The van der Waals surface area contributed by atoms with Crippen LogP contribution in [-0.4, -0.2) is 23.2 Å². The second kappa shape index (κ2) is 4.26. The van der Waals surface area contributed by atoms with Gasteiger partial charge in [0.05, 0.1) is 6.61 Å². The zero-order valence-electron chi connectivity index (χ0n) is 7.96. The van der Waals surface area contributed by atoms with Gasteiger partial charge in [-0.1, -0.05) is 12.1 Å². The second-order valence-electron chi connectivity index (χ2n) is 3.30. The summed E-state index contributed by atoms with van der Waals surface area (Å²) in [4.78, 5) is 3.17. The van der Waals surface area contributed by atoms with Crippen LogP contribution in [-0.2, 0) is 6.54 Å². The number of H-pyrrole nitrogens is 1. The molecule has 2 rings (SSSR count). The normalized spacial score (nSPS) is 10.9. The molecule has 0 unspecified atom stereocenters. The molecule has 0 aliphatic heterocycles. The minimum absolute atomic E-state index is 0.185. The first-order valence-electron chi connectivity index (χ1n) is 4.78. The SMILES string of the molecule is OCCNCc1ccc2cc[nH]c2c1. The smallest absolute Gasteiger partial charge is 0.0556 e. The lowest BCUT2D eigenvalue weighted by Gasteiger charge is -2.02. The van der Waals surface area contributed by atoms with Gasteiger partial charge >= 0.3 is 0 Å². The van der Waals surface area contributed by atoms with Gasteiger partial charge in [-0.15, -0.1) is 0 Å². The van der Waals surface area contributed by atoms with Crippen molar-refractivity contribution in [3.63, 3.8) is 0 Å². The molecule has 3 N–H and O–H groups in total. The van der Waals surface area contributed by atoms with E-state index in [-0.39, 0.29) is 6.61 Å². The van der Waals surface area contributed by atoms with Crippen molar-refractivity contribution in [2.75, 3.05) is 13.2 Å². The highest BCUT2D eigenvalue weighted by molar-refractivity contribution is 5.79. The third kappa shape index (κ3) is 1.95. The third-order valence-electron chi connectivity index (χ3n) is 2.24. The number of fused-ring (bicyclic) bond motifs is 1. The highest BCUT2D eigenvalue weighted by atomic mass is 16.3. The van der Waals surface area contributed by atoms with Crippen LogP contribution in [0.5, 0.6) is 0 Å². The Bertz CT molecular complexity index is 408. The molecule has 0 spiro atoms. The number of nitrogens with one attached hydrogen (secondary N) is 2. The van der Waals surface area contributed by atoms with E-state index in [1.807, 2.05) is 6.20 Å². The Hall–Kier alpha value is -1.32. The summed E-state index contributed by atoms with van der Waals surface area (Å²) in [5.41, 5.74) is 2.39. The van der Waals surface area contributed by atoms with E-state index >= 15 is 0 Å². The fourth-order valence-corrected chi connectivity index (χ4v) is 1.52. The molecular formula is C11H14N2O. The van der Waals surface area contributed by atoms with Gasteiger partial charge < -0.3 is 15.4 Å². The molecule has 74 valence electrons. The average molecular weight is 190 g/mol. The van der Waals surface area contributed by atoms with Crippen LogP contribution in [0, 0.1) is 0 Å². The molecule has 2 aromatic rings. The van der Waals surface area contributed by atoms with E-state index in [9.17, 15) is 0 Å². The minimum Gasteiger partial charge on any atom is -0.395 e. The summed E-state index contributed by atoms with van der Waals surface area (Å²) in [7, 11) is 0. The quantitative estimate of drug-likeness (QED) is 0.635. The van der Waals surface area contributed by atoms with Crippen molar-refractivity contribution in [2.24, 2.45) is 0 Å². The molecule has 0 amide bonds. The van der Waals surface area contributed by atoms with Crippen LogP contribution in [0.2, 0.25) is 0 Å². The average Bonchev–Trinajstić information content (AvgIpc) is 2.65. The number of rotatable bonds is 4. The van der Waals surface area contributed by atoms with Gasteiger partial charge in [0.25, 0.3) is 0 Å². The maximum atomic E-state index is 8.61. The monoisotopic (exact) mass is 190 g/mol. The summed E-state index contributed by atoms with van der Waals surface area (Å²) in [6, 6.07) is 8.38. The minimum atomic E-state index is 0.185. The number of hydrogen-bond donors (Lipinski definition) is 3. The first-order valence-corrected chi connectivity index (χ1v) is 4.78. The zero-order valence-corrected chi connectivity index (χ0v) is 7.96. The first-order chi connectivity index (χ1) is 6.90. The molecule has 0 aliphatic carbocycles. The van der Waals surface area contributed by atoms with Crippen molar-refractivity contribution in [1.29, 1.82) is 0 Å². The fourth-order valence-electron chi connectivity index (χ4n) is 1.52. The second-order valence-corrected chi connectivity index (χ2v) is 3.30. The largest absolute Gasteiger partial charge is 0.395 e. The molecule has 0 aliphatic rings. The van der Waals surface area contributed by atoms with Crippen LogP contribution in [0.1, 0.15) is 5.56 Å². The molecule has 0 fully saturated rings. The molecule has 3 heteroatoms. The van der Waals surface area contributed by atoms with Gasteiger partial charge in [0.1, 0.15) is 0 Å². The number of aromatic amines is 1. The summed E-state index contributed by atoms with van der Waals surface area (Å²) >= 11 is 0. The lowest BCUT2D eigenvalue weighted by molar-refractivity contribution is 0.292. The Labute approximate surface area is 82.8 Å². The molecule has 0 saturated carbocycles. The molecule has 0 saturated heterocycles. The van der Waals surface area contributed by atoms with E-state index in [2.05, 4.69) is 34.6 Å². The van der Waals surface area contributed by atoms with Crippen LogP contribution in [0.25, 0.3) is 10.9 Å². The number of benzene rings is 1. The molecule has 14 heavy (non-hydrogen) atoms. The van der Waals surface area contributed by atoms with Crippen molar-refractivity contribution in [3.05, 3.63) is 36.0 Å². The van der Waals surface area contributed by atoms with Crippen LogP contribution in [0.4, 0.5) is 0 Å². The zero-order chi connectivity index (χ0) is 9.80. The van der Waals surface area contributed by atoms with E-state index in [1.165, 1.54) is 10.9 Å². The van der Waals surface area contributed by atoms with Crippen LogP contribution >= 0.6 is 0 Å². The summed E-state index contributed by atoms with van der Waals surface area (Å²) in [5.74, 6) is 0. The molecule has 0 bridgehead atoms. The fraction of sp³-hybridized carbons (Fsp3) is 0.273. The lowest BCUT2D eigenvalue weighted by atomic mass is 10.1. The van der Waals surface area contributed by atoms with Crippen molar-refractivity contribution < 1.29 is 5.11 Å². The van der Waals surface area contributed by atoms with Gasteiger partial charge in [-0.05, 0) is 23.1 Å². The topological polar surface area (TPSA) is 48.0 Å². The predicted octanol–water partition coefficient (Wildman–Crippen LogP) is 1.25. The molecule has 1 aromatic carbocycles. The maximum absolute atomic E-state index is 8.61. The third-order valence-corrected chi connectivity index (χ3v) is 2.24. The number of aromatic nitrogens is 1. The van der Waals surface area contributed by atoms with Gasteiger partial charge in [-0.3, -0.25) is 0 Å². The highest BCUT2D eigenvalue weighted by Gasteiger charge is 1.96. The van der Waals surface area contributed by atoms with Gasteiger partial charge in [-0.2, -0.15) is 0 Å². The molecule has 3 nitrogen and oxygen atoms in total. The van der Waals surface area contributed by atoms with E-state index in [1.54, 1.807) is 0 Å². The standard InChI is InChI=1S/C11H14N2O/c14-6-5-12-8-9-1-2-10-3-4-13-11(10)7-9/h1-4,7,12-14H,5-6,8H2. The summed E-state index contributed by atoms with van der Waals surface area (Å²) in [5, 5.41) is 13.0. The van der Waals surface area contributed by atoms with Gasteiger partial charge in [0.15, 0.2) is 0 Å². The summed E-state index contributed by atoms with van der Waals surface area (Å²) < 4.78 is 0. The van der Waals surface area contributed by atoms with Crippen molar-refractivity contribution in [1.82, 2.24) is 10.3 Å². The number of aliphatic hydroxyl groups excluding tert-OH is 1. The van der Waals surface area contributed by atoms with E-state index in [0.29, 0.717) is 6.54 Å². The number of hydrogen-bond acceptors (Lipinski definition) is 2. The summed E-state index contributed by atoms with van der Waals surface area (Å²) in [6.45, 7) is 1.63. The Morgan fingerprint density at radius 3 is 3.07 bits per heavy atom. The van der Waals surface area contributed by atoms with Crippen molar-refractivity contribution in [3.8, 4) is 0 Å². The van der Waals surface area contributed by atoms with Crippen molar-refractivity contribution in [2.45, 2.75) is 6.54 Å². The Kier molecular flexibility index (Phi) is 2.81. The maximum Gasteiger partial charge on any atom is 0.0556 e. The van der Waals surface area contributed by atoms with E-state index < -0.39 is 0 Å². The number of aliphatic hydroxyl groups is 1. The molecule has 1 aromatic heterocycles. The summed E-state index contributed by atoms with van der Waals surface area (Å²) in [6.07, 6.45) is 1.94. The molecule has 0 radical (unpaired) electrons. The van der Waals surface area contributed by atoms with Crippen LogP contribution in [0.3, 0.4) is 0 Å². The van der Waals surface area contributed by atoms with Crippen LogP contribution < -0.4 is 5.32 Å². The van der Waals surface area contributed by atoms with E-state index in [4.69, 9.17) is 5.11 Å². The van der Waals surface area contributed by atoms with Gasteiger partial charge in [0.2, 0.25) is 0 Å². The van der Waals surface area contributed by atoms with Crippen molar-refractivity contribution >= 4 is 10.9 Å². The highest BCUT2D eigenvalue weighted by Crippen LogP contribution is 2.13. The Morgan fingerprint density at radius 1 is 1.29 bits per heavy atom. The van der Waals surface area contributed by atoms with Gasteiger partial charge in [-0.25, -0.2) is 0 Å². The Morgan fingerprint density at radius 2 is 2.21 bits per heavy atom. The van der Waals surface area contributed by atoms with Crippen LogP contribution in [0.15, 0.2) is 30.5 Å².